The molecule has 2 aromatic rings. The van der Waals surface area contributed by atoms with E-state index in [1.165, 1.54) is 25.3 Å². The zero-order valence-corrected chi connectivity index (χ0v) is 13.4. The predicted molar refractivity (Wildman–Crippen MR) is 89.4 cm³/mol. The second kappa shape index (κ2) is 8.44. The highest BCUT2D eigenvalue weighted by Gasteiger charge is 2.17. The van der Waals surface area contributed by atoms with E-state index in [9.17, 15) is 19.7 Å². The Labute approximate surface area is 143 Å². The van der Waals surface area contributed by atoms with Gasteiger partial charge in [0.25, 0.3) is 11.6 Å². The van der Waals surface area contributed by atoms with Crippen molar-refractivity contribution < 1.29 is 24.0 Å². The Morgan fingerprint density at radius 3 is 2.44 bits per heavy atom. The van der Waals surface area contributed by atoms with Gasteiger partial charge in [-0.2, -0.15) is 0 Å². The van der Waals surface area contributed by atoms with Crippen molar-refractivity contribution in [3.8, 4) is 5.75 Å². The first kappa shape index (κ1) is 17.9. The van der Waals surface area contributed by atoms with Crippen molar-refractivity contribution in [1.29, 1.82) is 0 Å². The fourth-order valence-electron chi connectivity index (χ4n) is 2.06. The second-order valence-corrected chi connectivity index (χ2v) is 5.00. The molecule has 1 amide bonds. The maximum absolute atomic E-state index is 11.8. The number of rotatable bonds is 7. The van der Waals surface area contributed by atoms with Crippen LogP contribution in [0.5, 0.6) is 5.75 Å². The minimum atomic E-state index is -0.723. The van der Waals surface area contributed by atoms with Gasteiger partial charge in [0.15, 0.2) is 6.61 Å². The number of amides is 1. The molecule has 0 aromatic heterocycles. The predicted octanol–water partition coefficient (Wildman–Crippen LogP) is 2.33. The Morgan fingerprint density at radius 1 is 1.12 bits per heavy atom. The third-order valence-corrected chi connectivity index (χ3v) is 3.26. The maximum atomic E-state index is 11.8. The summed E-state index contributed by atoms with van der Waals surface area (Å²) in [7, 11) is 1.53. The summed E-state index contributed by atoms with van der Waals surface area (Å²) in [6.45, 7) is -0.481. The van der Waals surface area contributed by atoms with Crippen molar-refractivity contribution in [3.05, 3.63) is 64.2 Å². The van der Waals surface area contributed by atoms with Crippen molar-refractivity contribution in [1.82, 2.24) is 0 Å². The summed E-state index contributed by atoms with van der Waals surface area (Å²) in [5.74, 6) is -0.589. The number of para-hydroxylation sites is 1. The van der Waals surface area contributed by atoms with Crippen LogP contribution < -0.4 is 10.1 Å². The van der Waals surface area contributed by atoms with Crippen LogP contribution in [0.1, 0.15) is 5.56 Å². The average molecular weight is 344 g/mol. The smallest absolute Gasteiger partial charge is 0.311 e. The van der Waals surface area contributed by atoms with E-state index in [1.54, 1.807) is 30.3 Å². The normalized spacial score (nSPS) is 9.96. The molecule has 8 nitrogen and oxygen atoms in total. The molecular weight excluding hydrogens is 328 g/mol. The van der Waals surface area contributed by atoms with Crippen LogP contribution in [-0.4, -0.2) is 30.5 Å². The van der Waals surface area contributed by atoms with Crippen LogP contribution in [0.15, 0.2) is 48.5 Å². The standard InChI is InChI=1S/C17H16N2O6/c1-24-14-8-6-13(7-9-14)18-16(20)11-25-17(21)10-12-4-2-3-5-15(12)19(22)23/h2-9H,10-11H2,1H3,(H,18,20). The van der Waals surface area contributed by atoms with E-state index in [-0.39, 0.29) is 17.7 Å². The fraction of sp³-hybridized carbons (Fsp3) is 0.176. The van der Waals surface area contributed by atoms with Gasteiger partial charge in [0.2, 0.25) is 0 Å². The molecular formula is C17H16N2O6. The van der Waals surface area contributed by atoms with E-state index in [2.05, 4.69) is 5.32 Å². The highest BCUT2D eigenvalue weighted by Crippen LogP contribution is 2.18. The molecule has 0 fully saturated rings. The van der Waals surface area contributed by atoms with Crippen LogP contribution in [-0.2, 0) is 20.7 Å². The van der Waals surface area contributed by atoms with Crippen LogP contribution >= 0.6 is 0 Å². The van der Waals surface area contributed by atoms with Crippen molar-refractivity contribution in [2.24, 2.45) is 0 Å². The summed E-state index contributed by atoms with van der Waals surface area (Å²) in [6.07, 6.45) is -0.285. The third-order valence-electron chi connectivity index (χ3n) is 3.26. The molecule has 2 rings (SSSR count). The van der Waals surface area contributed by atoms with Gasteiger partial charge in [0, 0.05) is 17.3 Å². The van der Waals surface area contributed by atoms with Crippen LogP contribution in [0.4, 0.5) is 11.4 Å². The van der Waals surface area contributed by atoms with Gasteiger partial charge < -0.3 is 14.8 Å². The summed E-state index contributed by atoms with van der Waals surface area (Å²) < 4.78 is 9.87. The number of hydrogen-bond acceptors (Lipinski definition) is 6. The Kier molecular flexibility index (Phi) is 6.05. The first-order chi connectivity index (χ1) is 12.0. The molecule has 0 bridgehead atoms. The molecule has 2 aromatic carbocycles. The number of hydrogen-bond donors (Lipinski definition) is 1. The van der Waals surface area contributed by atoms with Crippen molar-refractivity contribution in [2.45, 2.75) is 6.42 Å². The summed E-state index contributed by atoms with van der Waals surface area (Å²) >= 11 is 0. The molecule has 1 N–H and O–H groups in total. The number of nitro benzene ring substituents is 1. The molecule has 0 spiro atoms. The Bertz CT molecular complexity index is 773. The molecule has 0 saturated heterocycles. The SMILES string of the molecule is COc1ccc(NC(=O)COC(=O)Cc2ccccc2[N+](=O)[O-])cc1. The van der Waals surface area contributed by atoms with E-state index in [0.717, 1.165) is 0 Å². The number of methoxy groups -OCH3 is 1. The first-order valence-corrected chi connectivity index (χ1v) is 7.31. The second-order valence-electron chi connectivity index (χ2n) is 5.00. The van der Waals surface area contributed by atoms with E-state index in [4.69, 9.17) is 9.47 Å². The minimum Gasteiger partial charge on any atom is -0.497 e. The van der Waals surface area contributed by atoms with Crippen LogP contribution in [0.3, 0.4) is 0 Å². The average Bonchev–Trinajstić information content (AvgIpc) is 2.61. The lowest BCUT2D eigenvalue weighted by molar-refractivity contribution is -0.385. The fourth-order valence-corrected chi connectivity index (χ4v) is 2.06. The van der Waals surface area contributed by atoms with Crippen molar-refractivity contribution in [2.75, 3.05) is 19.0 Å². The van der Waals surface area contributed by atoms with Gasteiger partial charge in [-0.05, 0) is 24.3 Å². The number of benzene rings is 2. The molecule has 0 atom stereocenters. The Balaban J connectivity index is 1.85. The van der Waals surface area contributed by atoms with Gasteiger partial charge in [-0.1, -0.05) is 18.2 Å². The first-order valence-electron chi connectivity index (χ1n) is 7.31. The van der Waals surface area contributed by atoms with E-state index < -0.39 is 23.4 Å². The molecule has 0 aliphatic carbocycles. The van der Waals surface area contributed by atoms with Gasteiger partial charge >= 0.3 is 5.97 Å². The lowest BCUT2D eigenvalue weighted by atomic mass is 10.1. The van der Waals surface area contributed by atoms with E-state index in [0.29, 0.717) is 11.4 Å². The van der Waals surface area contributed by atoms with Gasteiger partial charge in [-0.3, -0.25) is 19.7 Å². The highest BCUT2D eigenvalue weighted by atomic mass is 16.6. The van der Waals surface area contributed by atoms with Crippen molar-refractivity contribution >= 4 is 23.3 Å². The molecule has 0 saturated carbocycles. The zero-order valence-electron chi connectivity index (χ0n) is 13.4. The molecule has 25 heavy (non-hydrogen) atoms. The van der Waals surface area contributed by atoms with Crippen molar-refractivity contribution in [3.63, 3.8) is 0 Å². The van der Waals surface area contributed by atoms with E-state index in [1.807, 2.05) is 0 Å². The summed E-state index contributed by atoms with van der Waals surface area (Å²) in [5, 5.41) is 13.5. The van der Waals surface area contributed by atoms with Crippen LogP contribution in [0, 0.1) is 10.1 Å². The Hall–Kier alpha value is -3.42. The number of esters is 1. The van der Waals surface area contributed by atoms with Crippen LogP contribution in [0.25, 0.3) is 0 Å². The molecule has 0 unspecified atom stereocenters. The largest absolute Gasteiger partial charge is 0.497 e. The molecule has 0 aliphatic heterocycles. The quantitative estimate of drug-likeness (QED) is 0.469. The zero-order chi connectivity index (χ0) is 18.2. The summed E-state index contributed by atoms with van der Waals surface area (Å²) in [6, 6.07) is 12.5. The molecule has 130 valence electrons. The summed E-state index contributed by atoms with van der Waals surface area (Å²) in [5.41, 5.74) is 0.593. The monoisotopic (exact) mass is 344 g/mol. The number of carbonyl (C=O) groups is 2. The Morgan fingerprint density at radius 2 is 1.80 bits per heavy atom. The number of nitro groups is 1. The lowest BCUT2D eigenvalue weighted by Gasteiger charge is -2.07. The summed E-state index contributed by atoms with van der Waals surface area (Å²) in [4.78, 5) is 33.9. The highest BCUT2D eigenvalue weighted by molar-refractivity contribution is 5.93. The molecule has 0 radical (unpaired) electrons. The number of nitrogens with zero attached hydrogens (tertiary/aromatic N) is 1. The van der Waals surface area contributed by atoms with Gasteiger partial charge in [-0.25, -0.2) is 0 Å². The third kappa shape index (κ3) is 5.31. The number of anilines is 1. The van der Waals surface area contributed by atoms with Gasteiger partial charge in [0.1, 0.15) is 5.75 Å². The number of ether oxygens (including phenoxy) is 2. The number of nitrogens with one attached hydrogen (secondary N) is 1. The lowest BCUT2D eigenvalue weighted by Crippen LogP contribution is -2.21. The topological polar surface area (TPSA) is 108 Å². The van der Waals surface area contributed by atoms with Gasteiger partial charge in [-0.15, -0.1) is 0 Å². The van der Waals surface area contributed by atoms with Gasteiger partial charge in [0.05, 0.1) is 18.5 Å². The minimum absolute atomic E-state index is 0.165. The maximum Gasteiger partial charge on any atom is 0.311 e. The number of carbonyl (C=O) groups excluding carboxylic acids is 2. The molecule has 8 heteroatoms. The van der Waals surface area contributed by atoms with Crippen LogP contribution in [0.2, 0.25) is 0 Å². The molecule has 0 aliphatic rings. The molecule has 0 heterocycles. The van der Waals surface area contributed by atoms with E-state index >= 15 is 0 Å².